The molecule has 0 saturated carbocycles. The van der Waals surface area contributed by atoms with Crippen LogP contribution >= 0.6 is 23.1 Å². The first-order chi connectivity index (χ1) is 16.5. The minimum atomic E-state index is -0.850. The van der Waals surface area contributed by atoms with Gasteiger partial charge < -0.3 is 4.74 Å². The van der Waals surface area contributed by atoms with Crippen LogP contribution in [0.5, 0.6) is 5.75 Å². The van der Waals surface area contributed by atoms with E-state index in [0.29, 0.717) is 34.0 Å². The van der Waals surface area contributed by atoms with Gasteiger partial charge in [0.15, 0.2) is 10.8 Å². The summed E-state index contributed by atoms with van der Waals surface area (Å²) in [7, 11) is 0. The first-order valence-electron chi connectivity index (χ1n) is 10.6. The second kappa shape index (κ2) is 9.43. The van der Waals surface area contributed by atoms with Gasteiger partial charge in [0.05, 0.1) is 11.9 Å². The smallest absolute Gasteiger partial charge is 0.277 e. The third kappa shape index (κ3) is 5.08. The van der Waals surface area contributed by atoms with E-state index >= 15 is 0 Å². The summed E-state index contributed by atoms with van der Waals surface area (Å²) in [5.74, 6) is -0.858. The first kappa shape index (κ1) is 24.9. The molecule has 0 bridgehead atoms. The molecular formula is C24H22ClF2N5O2S. The van der Waals surface area contributed by atoms with Gasteiger partial charge in [0.1, 0.15) is 40.4 Å². The van der Waals surface area contributed by atoms with Crippen molar-refractivity contribution in [3.8, 4) is 22.1 Å². The Balaban J connectivity index is 1.70. The minimum absolute atomic E-state index is 0.0711. The molecule has 0 fully saturated rings. The summed E-state index contributed by atoms with van der Waals surface area (Å²) >= 11 is 7.59. The van der Waals surface area contributed by atoms with Gasteiger partial charge in [-0.3, -0.25) is 19.3 Å². The number of hydrogen-bond donors (Lipinski definition) is 0. The van der Waals surface area contributed by atoms with Crippen LogP contribution in [0.1, 0.15) is 43.5 Å². The molecule has 7 nitrogen and oxygen atoms in total. The normalized spacial score (nSPS) is 11.7. The Hall–Kier alpha value is -3.24. The SMILES string of the molecule is Cc1cnc(-c2nc(C(C)(C)C)ns2)cc1-n1c(C)cc(OCc2ncc(F)cc2F)c(Cl)c1=O. The number of nitrogens with zero attached hydrogens (tertiary/aromatic N) is 5. The van der Waals surface area contributed by atoms with Gasteiger partial charge in [-0.25, -0.2) is 13.8 Å². The third-order valence-corrected chi connectivity index (χ3v) is 6.27. The molecule has 4 heterocycles. The molecule has 0 aromatic carbocycles. The largest absolute Gasteiger partial charge is 0.485 e. The van der Waals surface area contributed by atoms with Crippen molar-refractivity contribution in [1.29, 1.82) is 0 Å². The van der Waals surface area contributed by atoms with Crippen LogP contribution in [-0.4, -0.2) is 23.9 Å². The second-order valence-corrected chi connectivity index (χ2v) is 10.1. The highest BCUT2D eigenvalue weighted by Crippen LogP contribution is 2.29. The van der Waals surface area contributed by atoms with E-state index in [1.165, 1.54) is 16.1 Å². The molecule has 0 atom stereocenters. The zero-order valence-corrected chi connectivity index (χ0v) is 21.3. The van der Waals surface area contributed by atoms with Crippen LogP contribution in [-0.2, 0) is 12.0 Å². The van der Waals surface area contributed by atoms with E-state index in [-0.39, 0.29) is 28.5 Å². The number of pyridine rings is 3. The van der Waals surface area contributed by atoms with Gasteiger partial charge in [-0.05, 0) is 37.0 Å². The lowest BCUT2D eigenvalue weighted by Gasteiger charge is -2.16. The third-order valence-electron chi connectivity index (χ3n) is 5.18. The maximum absolute atomic E-state index is 13.9. The molecule has 0 aliphatic carbocycles. The molecule has 4 aromatic heterocycles. The first-order valence-corrected chi connectivity index (χ1v) is 11.8. The number of ether oxygens (including phenoxy) is 1. The minimum Gasteiger partial charge on any atom is -0.485 e. The quantitative estimate of drug-likeness (QED) is 0.344. The number of aryl methyl sites for hydroxylation is 2. The van der Waals surface area contributed by atoms with Gasteiger partial charge in [-0.1, -0.05) is 32.4 Å². The van der Waals surface area contributed by atoms with Gasteiger partial charge in [-0.15, -0.1) is 0 Å². The van der Waals surface area contributed by atoms with Gasteiger partial charge >= 0.3 is 0 Å². The van der Waals surface area contributed by atoms with E-state index in [2.05, 4.69) is 19.3 Å². The Morgan fingerprint density at radius 1 is 1.11 bits per heavy atom. The van der Waals surface area contributed by atoms with Crippen LogP contribution in [0.3, 0.4) is 0 Å². The summed E-state index contributed by atoms with van der Waals surface area (Å²) in [6.45, 7) is 9.33. The van der Waals surface area contributed by atoms with Crippen molar-refractivity contribution in [3.05, 3.63) is 80.4 Å². The number of hydrogen-bond acceptors (Lipinski definition) is 7. The van der Waals surface area contributed by atoms with E-state index in [9.17, 15) is 13.6 Å². The predicted molar refractivity (Wildman–Crippen MR) is 130 cm³/mol. The predicted octanol–water partition coefficient (Wildman–Crippen LogP) is 5.57. The van der Waals surface area contributed by atoms with Crippen molar-refractivity contribution >= 4 is 23.1 Å². The van der Waals surface area contributed by atoms with Crippen LogP contribution < -0.4 is 10.3 Å². The zero-order valence-electron chi connectivity index (χ0n) is 19.7. The summed E-state index contributed by atoms with van der Waals surface area (Å²) in [6.07, 6.45) is 2.55. The number of aromatic nitrogens is 5. The Bertz CT molecular complexity index is 1480. The van der Waals surface area contributed by atoms with Crippen LogP contribution in [0.4, 0.5) is 8.78 Å². The van der Waals surface area contributed by atoms with Gasteiger partial charge in [0, 0.05) is 29.4 Å². The topological polar surface area (TPSA) is 82.8 Å². The molecule has 0 radical (unpaired) electrons. The molecule has 0 N–H and O–H groups in total. The lowest BCUT2D eigenvalue weighted by Crippen LogP contribution is -2.23. The standard InChI is InChI=1S/C24H22ClF2N5O2S/c1-12-9-28-16(21-30-23(31-35-21)24(3,4)5)8-18(12)32-13(2)6-19(20(25)22(32)33)34-11-17-15(27)7-14(26)10-29-17/h6-10H,11H2,1-5H3. The van der Waals surface area contributed by atoms with Crippen molar-refractivity contribution in [2.45, 2.75) is 46.6 Å². The Morgan fingerprint density at radius 2 is 1.86 bits per heavy atom. The molecule has 4 rings (SSSR count). The highest BCUT2D eigenvalue weighted by Gasteiger charge is 2.22. The molecule has 4 aromatic rings. The highest BCUT2D eigenvalue weighted by molar-refractivity contribution is 7.09. The van der Waals surface area contributed by atoms with E-state index in [0.717, 1.165) is 11.8 Å². The van der Waals surface area contributed by atoms with Gasteiger partial charge in [0.25, 0.3) is 5.56 Å². The van der Waals surface area contributed by atoms with Gasteiger partial charge in [-0.2, -0.15) is 4.37 Å². The average molecular weight is 518 g/mol. The van der Waals surface area contributed by atoms with Crippen LogP contribution in [0.25, 0.3) is 16.4 Å². The fraction of sp³-hybridized carbons (Fsp3) is 0.292. The zero-order chi connectivity index (χ0) is 25.5. The summed E-state index contributed by atoms with van der Waals surface area (Å²) in [4.78, 5) is 26.0. The Morgan fingerprint density at radius 3 is 2.51 bits per heavy atom. The molecule has 0 saturated heterocycles. The maximum Gasteiger partial charge on any atom is 0.277 e. The summed E-state index contributed by atoms with van der Waals surface area (Å²) in [6, 6.07) is 4.06. The Labute approximate surface area is 209 Å². The molecular weight excluding hydrogens is 496 g/mol. The monoisotopic (exact) mass is 517 g/mol. The van der Waals surface area contributed by atoms with Crippen molar-refractivity contribution in [2.75, 3.05) is 0 Å². The summed E-state index contributed by atoms with van der Waals surface area (Å²) in [5.41, 5.74) is 1.64. The van der Waals surface area contributed by atoms with Gasteiger partial charge in [0.2, 0.25) is 0 Å². The average Bonchev–Trinajstić information content (AvgIpc) is 3.28. The molecule has 0 aliphatic rings. The molecule has 35 heavy (non-hydrogen) atoms. The molecule has 0 spiro atoms. The Kier molecular flexibility index (Phi) is 6.70. The fourth-order valence-corrected chi connectivity index (χ4v) is 4.30. The second-order valence-electron chi connectivity index (χ2n) is 9.00. The van der Waals surface area contributed by atoms with E-state index in [1.807, 2.05) is 27.7 Å². The molecule has 11 heteroatoms. The molecule has 182 valence electrons. The van der Waals surface area contributed by atoms with Crippen LogP contribution in [0.15, 0.2) is 35.4 Å². The number of halogens is 3. The molecule has 0 amide bonds. The van der Waals surface area contributed by atoms with Crippen molar-refractivity contribution in [1.82, 2.24) is 23.9 Å². The van der Waals surface area contributed by atoms with E-state index in [4.69, 9.17) is 16.3 Å². The van der Waals surface area contributed by atoms with Crippen molar-refractivity contribution in [2.24, 2.45) is 0 Å². The highest BCUT2D eigenvalue weighted by atomic mass is 35.5. The maximum atomic E-state index is 13.9. The summed E-state index contributed by atoms with van der Waals surface area (Å²) in [5, 5.41) is 0.462. The van der Waals surface area contributed by atoms with Crippen molar-refractivity contribution < 1.29 is 13.5 Å². The van der Waals surface area contributed by atoms with Crippen LogP contribution in [0.2, 0.25) is 5.02 Å². The fourth-order valence-electron chi connectivity index (χ4n) is 3.28. The van der Waals surface area contributed by atoms with Crippen molar-refractivity contribution in [3.63, 3.8) is 0 Å². The number of rotatable bonds is 5. The van der Waals surface area contributed by atoms with Crippen LogP contribution in [0, 0.1) is 25.5 Å². The molecule has 0 aliphatic heterocycles. The summed E-state index contributed by atoms with van der Waals surface area (Å²) < 4.78 is 38.4. The van der Waals surface area contributed by atoms with E-state index in [1.54, 1.807) is 25.3 Å². The lowest BCUT2D eigenvalue weighted by atomic mass is 9.96. The van der Waals surface area contributed by atoms with E-state index < -0.39 is 17.2 Å². The molecule has 0 unspecified atom stereocenters. The lowest BCUT2D eigenvalue weighted by molar-refractivity contribution is 0.292.